The number of halogens is 4. The van der Waals surface area contributed by atoms with Crippen molar-refractivity contribution < 1.29 is 0 Å². The van der Waals surface area contributed by atoms with Gasteiger partial charge in [-0.15, -0.1) is 10.2 Å². The van der Waals surface area contributed by atoms with E-state index in [1.165, 1.54) is 0 Å². The first kappa shape index (κ1) is 11.2. The molecule has 0 aliphatic rings. The molecule has 0 saturated heterocycles. The van der Waals surface area contributed by atoms with Crippen LogP contribution in [0.15, 0.2) is 24.3 Å². The van der Waals surface area contributed by atoms with E-state index >= 15 is 0 Å². The lowest BCUT2D eigenvalue weighted by molar-refractivity contribution is 0.959. The number of alkyl halides is 3. The molecule has 0 saturated carbocycles. The van der Waals surface area contributed by atoms with Crippen LogP contribution < -0.4 is 0 Å². The lowest BCUT2D eigenvalue weighted by atomic mass is 10.1. The highest BCUT2D eigenvalue weighted by Crippen LogP contribution is 2.40. The van der Waals surface area contributed by atoms with Gasteiger partial charge >= 0.3 is 0 Å². The van der Waals surface area contributed by atoms with Gasteiger partial charge in [-0.3, -0.25) is 0 Å². The lowest BCUT2D eigenvalue weighted by Gasteiger charge is -2.12. The smallest absolute Gasteiger partial charge is 0.149 e. The summed E-state index contributed by atoms with van der Waals surface area (Å²) >= 11 is 23.2. The molecule has 0 N–H and O–H groups in total. The number of rotatable bonds is 0. The van der Waals surface area contributed by atoms with Crippen molar-refractivity contribution >= 4 is 57.2 Å². The van der Waals surface area contributed by atoms with E-state index in [0.29, 0.717) is 10.5 Å². The molecule has 2 rings (SSSR count). The van der Waals surface area contributed by atoms with Gasteiger partial charge in [-0.1, -0.05) is 70.7 Å². The maximum Gasteiger partial charge on any atom is 0.234 e. The van der Waals surface area contributed by atoms with E-state index < -0.39 is 3.79 Å². The molecular formula is C9H4Cl4N2. The summed E-state index contributed by atoms with van der Waals surface area (Å²) in [7, 11) is 0. The van der Waals surface area contributed by atoms with Crippen LogP contribution >= 0.6 is 46.4 Å². The van der Waals surface area contributed by atoms with Crippen molar-refractivity contribution in [3.05, 3.63) is 35.1 Å². The van der Waals surface area contributed by atoms with Gasteiger partial charge in [0.25, 0.3) is 0 Å². The van der Waals surface area contributed by atoms with Gasteiger partial charge in [-0.2, -0.15) is 0 Å². The third-order valence-corrected chi connectivity index (χ3v) is 2.73. The Kier molecular flexibility index (Phi) is 2.95. The molecule has 6 heteroatoms. The maximum absolute atomic E-state index is 5.88. The van der Waals surface area contributed by atoms with Crippen molar-refractivity contribution in [1.82, 2.24) is 10.2 Å². The predicted molar refractivity (Wildman–Crippen MR) is 63.8 cm³/mol. The Labute approximate surface area is 106 Å². The third kappa shape index (κ3) is 2.13. The predicted octanol–water partition coefficient (Wildman–Crippen LogP) is 4.11. The first-order chi connectivity index (χ1) is 7.00. The number of benzene rings is 1. The second-order valence-electron chi connectivity index (χ2n) is 2.88. The summed E-state index contributed by atoms with van der Waals surface area (Å²) < 4.78 is -1.60. The first-order valence-electron chi connectivity index (χ1n) is 3.98. The summed E-state index contributed by atoms with van der Waals surface area (Å²) in [6.07, 6.45) is 0. The Morgan fingerprint density at radius 2 is 1.53 bits per heavy atom. The lowest BCUT2D eigenvalue weighted by Crippen LogP contribution is -2.06. The van der Waals surface area contributed by atoms with E-state index in [1.54, 1.807) is 12.1 Å². The average molecular weight is 282 g/mol. The Balaban J connectivity index is 2.84. The highest BCUT2D eigenvalue weighted by molar-refractivity contribution is 6.67. The number of aromatic nitrogens is 2. The molecule has 15 heavy (non-hydrogen) atoms. The van der Waals surface area contributed by atoms with E-state index in [0.717, 1.165) is 5.39 Å². The van der Waals surface area contributed by atoms with Crippen LogP contribution in [-0.4, -0.2) is 10.2 Å². The quantitative estimate of drug-likeness (QED) is 0.679. The minimum atomic E-state index is -1.60. The molecule has 0 radical (unpaired) electrons. The van der Waals surface area contributed by atoms with E-state index in [-0.39, 0.29) is 5.69 Å². The van der Waals surface area contributed by atoms with Crippen LogP contribution in [0.5, 0.6) is 0 Å². The van der Waals surface area contributed by atoms with Gasteiger partial charge in [0.1, 0.15) is 5.69 Å². The second kappa shape index (κ2) is 3.95. The molecule has 1 aromatic heterocycles. The first-order valence-corrected chi connectivity index (χ1v) is 5.49. The minimum absolute atomic E-state index is 0.285. The molecular weight excluding hydrogens is 278 g/mol. The van der Waals surface area contributed by atoms with Crippen LogP contribution in [0, 0.1) is 0 Å². The van der Waals surface area contributed by atoms with Crippen LogP contribution in [0.25, 0.3) is 10.8 Å². The summed E-state index contributed by atoms with van der Waals surface area (Å²) in [5.74, 6) is 0. The Morgan fingerprint density at radius 1 is 0.933 bits per heavy atom. The van der Waals surface area contributed by atoms with Crippen molar-refractivity contribution in [3.63, 3.8) is 0 Å². The van der Waals surface area contributed by atoms with Crippen LogP contribution in [-0.2, 0) is 3.79 Å². The number of nitrogens with zero attached hydrogens (tertiary/aromatic N) is 2. The molecule has 0 amide bonds. The number of hydrogen-bond acceptors (Lipinski definition) is 2. The summed E-state index contributed by atoms with van der Waals surface area (Å²) in [5, 5.41) is 9.24. The van der Waals surface area contributed by atoms with Crippen LogP contribution in [0.1, 0.15) is 5.69 Å². The van der Waals surface area contributed by atoms with Crippen molar-refractivity contribution in [2.75, 3.05) is 0 Å². The van der Waals surface area contributed by atoms with Gasteiger partial charge in [0.2, 0.25) is 3.79 Å². The molecule has 1 aromatic carbocycles. The van der Waals surface area contributed by atoms with Gasteiger partial charge in [0.15, 0.2) is 5.15 Å². The fourth-order valence-corrected chi connectivity index (χ4v) is 1.90. The largest absolute Gasteiger partial charge is 0.234 e. The zero-order chi connectivity index (χ0) is 11.1. The molecule has 0 bridgehead atoms. The summed E-state index contributed by atoms with van der Waals surface area (Å²) in [5.41, 5.74) is 0.285. The molecule has 1 heterocycles. The maximum atomic E-state index is 5.88. The van der Waals surface area contributed by atoms with E-state index in [1.807, 2.05) is 12.1 Å². The normalized spacial score (nSPS) is 12.0. The standard InChI is InChI=1S/C9H4Cl4N2/c10-8-6-4-2-1-3-5(6)7(14-15-8)9(11,12)13/h1-4H. The SMILES string of the molecule is Clc1nnc(C(Cl)(Cl)Cl)c2ccccc12. The number of hydrogen-bond donors (Lipinski definition) is 0. The van der Waals surface area contributed by atoms with Gasteiger partial charge < -0.3 is 0 Å². The number of fused-ring (bicyclic) bond motifs is 1. The van der Waals surface area contributed by atoms with E-state index in [9.17, 15) is 0 Å². The highest BCUT2D eigenvalue weighted by Gasteiger charge is 2.28. The molecule has 0 spiro atoms. The zero-order valence-corrected chi connectivity index (χ0v) is 10.2. The Morgan fingerprint density at radius 3 is 2.13 bits per heavy atom. The van der Waals surface area contributed by atoms with E-state index in [2.05, 4.69) is 10.2 Å². The summed E-state index contributed by atoms with van der Waals surface area (Å²) in [4.78, 5) is 0. The van der Waals surface area contributed by atoms with Crippen molar-refractivity contribution in [1.29, 1.82) is 0 Å². The van der Waals surface area contributed by atoms with Crippen molar-refractivity contribution in [2.45, 2.75) is 3.79 Å². The van der Waals surface area contributed by atoms with Crippen LogP contribution in [0.2, 0.25) is 5.15 Å². The third-order valence-electron chi connectivity index (χ3n) is 1.91. The summed E-state index contributed by atoms with van der Waals surface area (Å²) in [6, 6.07) is 7.23. The van der Waals surface area contributed by atoms with E-state index in [4.69, 9.17) is 46.4 Å². The Hall–Kier alpha value is -0.280. The van der Waals surface area contributed by atoms with Gasteiger partial charge in [0, 0.05) is 10.8 Å². The van der Waals surface area contributed by atoms with Gasteiger partial charge in [0.05, 0.1) is 0 Å². The average Bonchev–Trinajstić information content (AvgIpc) is 2.17. The van der Waals surface area contributed by atoms with Gasteiger partial charge in [-0.05, 0) is 0 Å². The Bertz CT molecular complexity index is 507. The highest BCUT2D eigenvalue weighted by atomic mass is 35.6. The monoisotopic (exact) mass is 280 g/mol. The van der Waals surface area contributed by atoms with Gasteiger partial charge in [-0.25, -0.2) is 0 Å². The molecule has 0 atom stereocenters. The fraction of sp³-hybridized carbons (Fsp3) is 0.111. The molecule has 2 aromatic rings. The zero-order valence-electron chi connectivity index (χ0n) is 7.22. The van der Waals surface area contributed by atoms with Crippen LogP contribution in [0.4, 0.5) is 0 Å². The second-order valence-corrected chi connectivity index (χ2v) is 5.52. The van der Waals surface area contributed by atoms with Crippen molar-refractivity contribution in [2.24, 2.45) is 0 Å². The molecule has 2 nitrogen and oxygen atoms in total. The molecule has 0 fully saturated rings. The fourth-order valence-electron chi connectivity index (χ4n) is 1.28. The van der Waals surface area contributed by atoms with Crippen molar-refractivity contribution in [3.8, 4) is 0 Å². The summed E-state index contributed by atoms with van der Waals surface area (Å²) in [6.45, 7) is 0. The molecule has 0 unspecified atom stereocenters. The topological polar surface area (TPSA) is 25.8 Å². The van der Waals surface area contributed by atoms with Crippen LogP contribution in [0.3, 0.4) is 0 Å². The molecule has 0 aliphatic heterocycles. The molecule has 0 aliphatic carbocycles. The molecule has 78 valence electrons. The minimum Gasteiger partial charge on any atom is -0.149 e.